The molecule has 0 spiro atoms. The van der Waals surface area contributed by atoms with Gasteiger partial charge < -0.3 is 15.2 Å². The molecule has 1 aromatic carbocycles. The monoisotopic (exact) mass is 258 g/mol. The van der Waals surface area contributed by atoms with Crippen LogP contribution in [-0.2, 0) is 6.54 Å². The summed E-state index contributed by atoms with van der Waals surface area (Å²) in [4.78, 5) is 16.0. The van der Waals surface area contributed by atoms with Crippen LogP contribution in [0.2, 0.25) is 0 Å². The van der Waals surface area contributed by atoms with Crippen LogP contribution in [0.25, 0.3) is 0 Å². The predicted octanol–water partition coefficient (Wildman–Crippen LogP) is 1.73. The van der Waals surface area contributed by atoms with E-state index in [1.54, 1.807) is 42.6 Å². The second kappa shape index (κ2) is 5.86. The van der Waals surface area contributed by atoms with Gasteiger partial charge >= 0.3 is 0 Å². The number of methoxy groups -OCH3 is 1. The first kappa shape index (κ1) is 12.9. The minimum Gasteiger partial charge on any atom is -0.508 e. The lowest BCUT2D eigenvalue weighted by molar-refractivity contribution is 0.0947. The van der Waals surface area contributed by atoms with Crippen LogP contribution in [0, 0.1) is 0 Å². The summed E-state index contributed by atoms with van der Waals surface area (Å²) in [6, 6.07) is 9.97. The Hall–Kier alpha value is -2.56. The zero-order chi connectivity index (χ0) is 13.7. The van der Waals surface area contributed by atoms with Crippen LogP contribution < -0.4 is 10.1 Å². The van der Waals surface area contributed by atoms with E-state index >= 15 is 0 Å². The van der Waals surface area contributed by atoms with Gasteiger partial charge in [0.05, 0.1) is 7.11 Å². The Bertz CT molecular complexity index is 567. The number of carbonyl (C=O) groups is 1. The topological polar surface area (TPSA) is 71.5 Å². The number of phenols is 1. The molecule has 0 saturated carbocycles. The smallest absolute Gasteiger partial charge is 0.257 e. The van der Waals surface area contributed by atoms with Gasteiger partial charge in [-0.25, -0.2) is 4.98 Å². The molecule has 1 aromatic heterocycles. The highest BCUT2D eigenvalue weighted by Crippen LogP contribution is 2.14. The van der Waals surface area contributed by atoms with E-state index in [1.807, 2.05) is 0 Å². The number of phenolic OH excluding ortho intramolecular Hbond substituents is 1. The van der Waals surface area contributed by atoms with Gasteiger partial charge in [0.1, 0.15) is 11.3 Å². The van der Waals surface area contributed by atoms with E-state index in [-0.39, 0.29) is 11.7 Å². The summed E-state index contributed by atoms with van der Waals surface area (Å²) < 4.78 is 5.03. The van der Waals surface area contributed by atoms with Gasteiger partial charge in [-0.1, -0.05) is 12.1 Å². The van der Waals surface area contributed by atoms with Crippen LogP contribution in [0.1, 0.15) is 15.9 Å². The third kappa shape index (κ3) is 3.22. The summed E-state index contributed by atoms with van der Waals surface area (Å²) in [5.41, 5.74) is 1.29. The number of nitrogens with zero attached hydrogens (tertiary/aromatic N) is 1. The Labute approximate surface area is 110 Å². The van der Waals surface area contributed by atoms with E-state index in [1.165, 1.54) is 7.11 Å². The summed E-state index contributed by atoms with van der Waals surface area (Å²) in [6.45, 7) is 0.372. The molecule has 2 N–H and O–H groups in total. The molecule has 0 aliphatic heterocycles. The number of aromatic hydroxyl groups is 1. The van der Waals surface area contributed by atoms with Crippen molar-refractivity contribution in [2.75, 3.05) is 7.11 Å². The van der Waals surface area contributed by atoms with Gasteiger partial charge in [0.2, 0.25) is 5.88 Å². The lowest BCUT2D eigenvalue weighted by Crippen LogP contribution is -2.23. The van der Waals surface area contributed by atoms with Crippen LogP contribution in [0.15, 0.2) is 42.6 Å². The van der Waals surface area contributed by atoms with Crippen molar-refractivity contribution < 1.29 is 14.6 Å². The van der Waals surface area contributed by atoms with Crippen LogP contribution in [0.3, 0.4) is 0 Å². The second-order valence-corrected chi connectivity index (χ2v) is 3.91. The summed E-state index contributed by atoms with van der Waals surface area (Å²) in [7, 11) is 1.47. The van der Waals surface area contributed by atoms with E-state index in [0.29, 0.717) is 18.0 Å². The SMILES string of the molecule is COc1ncccc1C(=O)NCc1ccc(O)cc1. The standard InChI is InChI=1S/C14H14N2O3/c1-19-14-12(3-2-8-15-14)13(18)16-9-10-4-6-11(17)7-5-10/h2-8,17H,9H2,1H3,(H,16,18). The summed E-state index contributed by atoms with van der Waals surface area (Å²) >= 11 is 0. The van der Waals surface area contributed by atoms with Crippen LogP contribution >= 0.6 is 0 Å². The molecule has 2 rings (SSSR count). The maximum atomic E-state index is 12.0. The summed E-state index contributed by atoms with van der Waals surface area (Å²) in [5, 5.41) is 11.9. The first-order valence-electron chi connectivity index (χ1n) is 5.76. The number of aromatic nitrogens is 1. The largest absolute Gasteiger partial charge is 0.508 e. The van der Waals surface area contributed by atoms with Gasteiger partial charge in [0.15, 0.2) is 0 Å². The molecule has 98 valence electrons. The van der Waals surface area contributed by atoms with Gasteiger partial charge in [-0.15, -0.1) is 0 Å². The van der Waals surface area contributed by atoms with Crippen molar-refractivity contribution >= 4 is 5.91 Å². The lowest BCUT2D eigenvalue weighted by atomic mass is 10.2. The van der Waals surface area contributed by atoms with E-state index in [9.17, 15) is 4.79 Å². The Kier molecular flexibility index (Phi) is 3.97. The van der Waals surface area contributed by atoms with Gasteiger partial charge in [-0.3, -0.25) is 4.79 Å². The molecular formula is C14H14N2O3. The fraction of sp³-hybridized carbons (Fsp3) is 0.143. The van der Waals surface area contributed by atoms with Crippen LogP contribution in [-0.4, -0.2) is 23.1 Å². The summed E-state index contributed by atoms with van der Waals surface area (Å²) in [6.07, 6.45) is 1.57. The van der Waals surface area contributed by atoms with E-state index < -0.39 is 0 Å². The number of pyridine rings is 1. The second-order valence-electron chi connectivity index (χ2n) is 3.91. The quantitative estimate of drug-likeness (QED) is 0.876. The molecule has 0 aliphatic rings. The van der Waals surface area contributed by atoms with Crippen molar-refractivity contribution in [3.8, 4) is 11.6 Å². The maximum Gasteiger partial charge on any atom is 0.257 e. The minimum absolute atomic E-state index is 0.198. The molecule has 0 unspecified atom stereocenters. The van der Waals surface area contributed by atoms with Crippen molar-refractivity contribution in [1.82, 2.24) is 10.3 Å². The number of benzene rings is 1. The number of rotatable bonds is 4. The molecule has 0 fully saturated rings. The van der Waals surface area contributed by atoms with Crippen molar-refractivity contribution in [1.29, 1.82) is 0 Å². The average Bonchev–Trinajstić information content (AvgIpc) is 2.46. The average molecular weight is 258 g/mol. The number of nitrogens with one attached hydrogen (secondary N) is 1. The highest BCUT2D eigenvalue weighted by atomic mass is 16.5. The van der Waals surface area contributed by atoms with Crippen molar-refractivity contribution in [3.05, 3.63) is 53.7 Å². The normalized spacial score (nSPS) is 9.95. The number of hydrogen-bond acceptors (Lipinski definition) is 4. The molecule has 0 atom stereocenters. The molecule has 0 saturated heterocycles. The lowest BCUT2D eigenvalue weighted by Gasteiger charge is -2.08. The number of carbonyl (C=O) groups excluding carboxylic acids is 1. The molecule has 1 heterocycles. The van der Waals surface area contributed by atoms with Gasteiger partial charge in [0.25, 0.3) is 5.91 Å². The number of ether oxygens (including phenoxy) is 1. The van der Waals surface area contributed by atoms with Crippen molar-refractivity contribution in [3.63, 3.8) is 0 Å². The highest BCUT2D eigenvalue weighted by Gasteiger charge is 2.12. The number of hydrogen-bond donors (Lipinski definition) is 2. The Morgan fingerprint density at radius 2 is 2.05 bits per heavy atom. The zero-order valence-corrected chi connectivity index (χ0v) is 10.5. The third-order valence-corrected chi connectivity index (χ3v) is 2.60. The minimum atomic E-state index is -0.252. The molecule has 1 amide bonds. The third-order valence-electron chi connectivity index (χ3n) is 2.60. The van der Waals surface area contributed by atoms with Crippen LogP contribution in [0.5, 0.6) is 11.6 Å². The molecule has 0 bridgehead atoms. The molecule has 0 radical (unpaired) electrons. The predicted molar refractivity (Wildman–Crippen MR) is 70.1 cm³/mol. The van der Waals surface area contributed by atoms with E-state index in [4.69, 9.17) is 9.84 Å². The zero-order valence-electron chi connectivity index (χ0n) is 10.5. The molecular weight excluding hydrogens is 244 g/mol. The maximum absolute atomic E-state index is 12.0. The van der Waals surface area contributed by atoms with Gasteiger partial charge in [-0.05, 0) is 29.8 Å². The molecule has 5 nitrogen and oxygen atoms in total. The molecule has 5 heteroatoms. The Balaban J connectivity index is 2.03. The fourth-order valence-electron chi connectivity index (χ4n) is 1.62. The van der Waals surface area contributed by atoms with Crippen LogP contribution in [0.4, 0.5) is 0 Å². The van der Waals surface area contributed by atoms with E-state index in [0.717, 1.165) is 5.56 Å². The first-order chi connectivity index (χ1) is 9.20. The Morgan fingerprint density at radius 3 is 2.74 bits per heavy atom. The number of amides is 1. The highest BCUT2D eigenvalue weighted by molar-refractivity contribution is 5.96. The van der Waals surface area contributed by atoms with Crippen molar-refractivity contribution in [2.45, 2.75) is 6.54 Å². The Morgan fingerprint density at radius 1 is 1.32 bits per heavy atom. The van der Waals surface area contributed by atoms with E-state index in [2.05, 4.69) is 10.3 Å². The fourth-order valence-corrected chi connectivity index (χ4v) is 1.62. The van der Waals surface area contributed by atoms with Crippen molar-refractivity contribution in [2.24, 2.45) is 0 Å². The summed E-state index contributed by atoms with van der Waals surface area (Å²) in [5.74, 6) is 0.243. The first-order valence-corrected chi connectivity index (χ1v) is 5.76. The molecule has 0 aliphatic carbocycles. The van der Waals surface area contributed by atoms with Gasteiger partial charge in [0, 0.05) is 12.7 Å². The molecule has 19 heavy (non-hydrogen) atoms. The van der Waals surface area contributed by atoms with Gasteiger partial charge in [-0.2, -0.15) is 0 Å². The molecule has 2 aromatic rings.